The molecule has 0 aliphatic carbocycles. The molecular weight excluding hydrogens is 450 g/mol. The van der Waals surface area contributed by atoms with Crippen molar-refractivity contribution in [3.8, 4) is 23.0 Å². The van der Waals surface area contributed by atoms with Crippen LogP contribution in [0.2, 0.25) is 0 Å². The normalized spacial score (nSPS) is 11.9. The quantitative estimate of drug-likeness (QED) is 0.312. The molecule has 1 heterocycles. The van der Waals surface area contributed by atoms with Crippen LogP contribution in [0, 0.1) is 6.92 Å². The van der Waals surface area contributed by atoms with Crippen molar-refractivity contribution < 1.29 is 29.6 Å². The maximum Gasteiger partial charge on any atom is 0.306 e. The first-order valence-electron chi connectivity index (χ1n) is 11.4. The highest BCUT2D eigenvalue weighted by Crippen LogP contribution is 2.33. The fourth-order valence-corrected chi connectivity index (χ4v) is 4.03. The Bertz CT molecular complexity index is 1250. The van der Waals surface area contributed by atoms with Crippen LogP contribution in [0.5, 0.6) is 23.0 Å². The van der Waals surface area contributed by atoms with Crippen molar-refractivity contribution >= 4 is 5.97 Å². The van der Waals surface area contributed by atoms with E-state index in [4.69, 9.17) is 9.47 Å². The number of phenols is 2. The molecular formula is C27H31NO7. The summed E-state index contributed by atoms with van der Waals surface area (Å²) in [5, 5.41) is 30.1. The summed E-state index contributed by atoms with van der Waals surface area (Å²) in [5.41, 5.74) is 1.64. The number of hydrogen-bond donors (Lipinski definition) is 3. The molecule has 186 valence electrons. The van der Waals surface area contributed by atoms with Crippen LogP contribution < -0.4 is 10.3 Å². The number of aromatic nitrogens is 1. The van der Waals surface area contributed by atoms with Crippen molar-refractivity contribution in [3.63, 3.8) is 0 Å². The topological polar surface area (TPSA) is 118 Å². The van der Waals surface area contributed by atoms with Crippen molar-refractivity contribution in [2.45, 2.75) is 52.2 Å². The number of ether oxygens (including phenoxy) is 2. The van der Waals surface area contributed by atoms with Crippen LogP contribution in [-0.4, -0.2) is 39.1 Å². The highest BCUT2D eigenvalue weighted by molar-refractivity contribution is 5.71. The molecule has 0 unspecified atom stereocenters. The molecule has 1 atom stereocenters. The SMILES string of the molecule is COC(=O)C[C@H](c1ccc(OC(C)C)cc1)c1c(O)cc(C)n(CCc2ccc(O)c(O)c2)c1=O. The summed E-state index contributed by atoms with van der Waals surface area (Å²) < 4.78 is 12.1. The first kappa shape index (κ1) is 25.7. The van der Waals surface area contributed by atoms with Gasteiger partial charge in [-0.25, -0.2) is 0 Å². The van der Waals surface area contributed by atoms with Gasteiger partial charge in [0.05, 0.1) is 25.2 Å². The average molecular weight is 482 g/mol. The van der Waals surface area contributed by atoms with Gasteiger partial charge >= 0.3 is 5.97 Å². The molecule has 8 nitrogen and oxygen atoms in total. The minimum Gasteiger partial charge on any atom is -0.507 e. The number of carbonyl (C=O) groups excluding carboxylic acids is 1. The Kier molecular flexibility index (Phi) is 8.06. The third-order valence-electron chi connectivity index (χ3n) is 5.79. The van der Waals surface area contributed by atoms with Gasteiger partial charge in [0, 0.05) is 18.2 Å². The maximum atomic E-state index is 13.6. The van der Waals surface area contributed by atoms with E-state index >= 15 is 0 Å². The molecule has 2 aromatic carbocycles. The number of aryl methyl sites for hydroxylation is 2. The molecule has 0 fully saturated rings. The Morgan fingerprint density at radius 1 is 0.971 bits per heavy atom. The molecule has 0 amide bonds. The van der Waals surface area contributed by atoms with E-state index in [9.17, 15) is 24.9 Å². The average Bonchev–Trinajstić information content (AvgIpc) is 2.80. The number of phenolic OH excluding ortho intramolecular Hbond substituents is 2. The summed E-state index contributed by atoms with van der Waals surface area (Å²) in [6.45, 7) is 5.82. The second kappa shape index (κ2) is 11.0. The number of methoxy groups -OCH3 is 1. The number of hydrogen-bond acceptors (Lipinski definition) is 7. The van der Waals surface area contributed by atoms with Gasteiger partial charge in [0.15, 0.2) is 11.5 Å². The van der Waals surface area contributed by atoms with Crippen LogP contribution in [0.1, 0.15) is 48.6 Å². The summed E-state index contributed by atoms with van der Waals surface area (Å²) in [5.74, 6) is -1.23. The largest absolute Gasteiger partial charge is 0.507 e. The summed E-state index contributed by atoms with van der Waals surface area (Å²) in [6, 6.07) is 13.1. The van der Waals surface area contributed by atoms with Gasteiger partial charge in [-0.05, 0) is 68.7 Å². The minimum absolute atomic E-state index is 0.00412. The van der Waals surface area contributed by atoms with E-state index in [0.717, 1.165) is 5.56 Å². The van der Waals surface area contributed by atoms with Crippen molar-refractivity contribution in [1.29, 1.82) is 0 Å². The molecule has 0 bridgehead atoms. The second-order valence-corrected chi connectivity index (χ2v) is 8.68. The van der Waals surface area contributed by atoms with Gasteiger partial charge in [-0.1, -0.05) is 18.2 Å². The molecule has 1 aromatic heterocycles. The van der Waals surface area contributed by atoms with Gasteiger partial charge in [-0.15, -0.1) is 0 Å². The number of pyridine rings is 1. The fraction of sp³-hybridized carbons (Fsp3) is 0.333. The molecule has 8 heteroatoms. The van der Waals surface area contributed by atoms with Crippen LogP contribution in [0.4, 0.5) is 0 Å². The zero-order chi connectivity index (χ0) is 25.7. The number of rotatable bonds is 9. The number of esters is 1. The maximum absolute atomic E-state index is 13.6. The Morgan fingerprint density at radius 2 is 1.66 bits per heavy atom. The van der Waals surface area contributed by atoms with Gasteiger partial charge in [-0.3, -0.25) is 9.59 Å². The molecule has 3 aromatic rings. The van der Waals surface area contributed by atoms with Crippen LogP contribution in [-0.2, 0) is 22.5 Å². The number of nitrogens with zero attached hydrogens (tertiary/aromatic N) is 1. The third-order valence-corrected chi connectivity index (χ3v) is 5.79. The fourth-order valence-electron chi connectivity index (χ4n) is 4.03. The first-order valence-corrected chi connectivity index (χ1v) is 11.4. The van der Waals surface area contributed by atoms with E-state index in [2.05, 4.69) is 0 Å². The Morgan fingerprint density at radius 3 is 2.26 bits per heavy atom. The van der Waals surface area contributed by atoms with E-state index in [0.29, 0.717) is 23.4 Å². The number of carbonyl (C=O) groups is 1. The molecule has 0 spiro atoms. The van der Waals surface area contributed by atoms with Crippen LogP contribution >= 0.6 is 0 Å². The standard InChI is InChI=1S/C27H31NO7/c1-16(2)35-20-8-6-19(7-9-20)21(15-25(32)34-4)26-24(31)13-17(3)28(27(26)33)12-11-18-5-10-22(29)23(30)14-18/h5-10,13-14,16,21,29-31H,11-12,15H2,1-4H3/t21-/m1/s1. The van der Waals surface area contributed by atoms with Crippen molar-refractivity contribution in [3.05, 3.63) is 81.3 Å². The zero-order valence-corrected chi connectivity index (χ0v) is 20.3. The molecule has 35 heavy (non-hydrogen) atoms. The molecule has 0 saturated heterocycles. The van der Waals surface area contributed by atoms with Crippen molar-refractivity contribution in [1.82, 2.24) is 4.57 Å². The monoisotopic (exact) mass is 481 g/mol. The van der Waals surface area contributed by atoms with E-state index in [1.165, 1.54) is 29.9 Å². The summed E-state index contributed by atoms with van der Waals surface area (Å²) in [6.07, 6.45) is 0.274. The second-order valence-electron chi connectivity index (χ2n) is 8.68. The molecule has 3 N–H and O–H groups in total. The van der Waals surface area contributed by atoms with Gasteiger partial charge < -0.3 is 29.4 Å². The number of aromatic hydroxyl groups is 3. The summed E-state index contributed by atoms with van der Waals surface area (Å²) in [4.78, 5) is 25.8. The lowest BCUT2D eigenvalue weighted by molar-refractivity contribution is -0.140. The Hall–Kier alpha value is -3.94. The highest BCUT2D eigenvalue weighted by atomic mass is 16.5. The van der Waals surface area contributed by atoms with Crippen LogP contribution in [0.15, 0.2) is 53.3 Å². The number of benzene rings is 2. The van der Waals surface area contributed by atoms with Gasteiger partial charge in [-0.2, -0.15) is 0 Å². The van der Waals surface area contributed by atoms with E-state index in [1.807, 2.05) is 13.8 Å². The van der Waals surface area contributed by atoms with Gasteiger partial charge in [0.1, 0.15) is 11.5 Å². The lowest BCUT2D eigenvalue weighted by Gasteiger charge is -2.21. The molecule has 0 radical (unpaired) electrons. The molecule has 0 aliphatic rings. The first-order chi connectivity index (χ1) is 16.6. The smallest absolute Gasteiger partial charge is 0.306 e. The summed E-state index contributed by atoms with van der Waals surface area (Å²) >= 11 is 0. The molecule has 0 aliphatic heterocycles. The predicted octanol–water partition coefficient (Wildman–Crippen LogP) is 4.00. The zero-order valence-electron chi connectivity index (χ0n) is 20.3. The minimum atomic E-state index is -0.729. The van der Waals surface area contributed by atoms with Gasteiger partial charge in [0.2, 0.25) is 0 Å². The predicted molar refractivity (Wildman–Crippen MR) is 131 cm³/mol. The lowest BCUT2D eigenvalue weighted by Crippen LogP contribution is -2.29. The van der Waals surface area contributed by atoms with E-state index in [-0.39, 0.29) is 41.9 Å². The van der Waals surface area contributed by atoms with Crippen molar-refractivity contribution in [2.24, 2.45) is 0 Å². The lowest BCUT2D eigenvalue weighted by atomic mass is 9.88. The molecule has 0 saturated carbocycles. The Balaban J connectivity index is 2.01. The third kappa shape index (κ3) is 6.15. The van der Waals surface area contributed by atoms with Gasteiger partial charge in [0.25, 0.3) is 5.56 Å². The summed E-state index contributed by atoms with van der Waals surface area (Å²) in [7, 11) is 1.28. The Labute approximate surface area is 204 Å². The van der Waals surface area contributed by atoms with Crippen LogP contribution in [0.3, 0.4) is 0 Å². The van der Waals surface area contributed by atoms with Crippen molar-refractivity contribution in [2.75, 3.05) is 7.11 Å². The van der Waals surface area contributed by atoms with E-state index in [1.54, 1.807) is 37.3 Å². The van der Waals surface area contributed by atoms with E-state index < -0.39 is 17.4 Å². The highest BCUT2D eigenvalue weighted by Gasteiger charge is 2.26. The molecule has 3 rings (SSSR count). The van der Waals surface area contributed by atoms with Crippen LogP contribution in [0.25, 0.3) is 0 Å².